The molecule has 2 aromatic carbocycles. The molecule has 0 saturated heterocycles. The van der Waals surface area contributed by atoms with Crippen molar-refractivity contribution in [2.24, 2.45) is 0 Å². The van der Waals surface area contributed by atoms with Gasteiger partial charge in [0.05, 0.1) is 17.1 Å². The summed E-state index contributed by atoms with van der Waals surface area (Å²) in [5.41, 5.74) is 1.02. The fourth-order valence-electron chi connectivity index (χ4n) is 2.19. The third kappa shape index (κ3) is 5.44. The van der Waals surface area contributed by atoms with Crippen LogP contribution in [0, 0.1) is 5.82 Å². The van der Waals surface area contributed by atoms with Gasteiger partial charge in [0.1, 0.15) is 5.82 Å². The fourth-order valence-corrected chi connectivity index (χ4v) is 2.56. The molecule has 2 aromatic rings. The second kappa shape index (κ2) is 8.83. The molecule has 132 valence electrons. The maximum Gasteiger partial charge on any atom is 0.255 e. The van der Waals surface area contributed by atoms with Crippen molar-refractivity contribution in [2.75, 3.05) is 13.1 Å². The molecule has 0 spiro atoms. The molecule has 0 saturated carbocycles. The average molecular weight is 383 g/mol. The van der Waals surface area contributed by atoms with Gasteiger partial charge in [-0.1, -0.05) is 35.3 Å². The predicted molar refractivity (Wildman–Crippen MR) is 96.3 cm³/mol. The Bertz CT molecular complexity index is 766. The first kappa shape index (κ1) is 19.2. The van der Waals surface area contributed by atoms with Gasteiger partial charge >= 0.3 is 0 Å². The van der Waals surface area contributed by atoms with E-state index in [1.165, 1.54) is 23.1 Å². The Morgan fingerprint density at radius 3 is 2.44 bits per heavy atom. The number of amides is 2. The van der Waals surface area contributed by atoms with Gasteiger partial charge in [0.25, 0.3) is 5.91 Å². The maximum atomic E-state index is 12.9. The molecule has 25 heavy (non-hydrogen) atoms. The van der Waals surface area contributed by atoms with Crippen molar-refractivity contribution in [1.82, 2.24) is 10.2 Å². The first-order valence-electron chi connectivity index (χ1n) is 7.66. The van der Waals surface area contributed by atoms with Crippen molar-refractivity contribution in [1.29, 1.82) is 0 Å². The van der Waals surface area contributed by atoms with Crippen LogP contribution in [0.5, 0.6) is 0 Å². The van der Waals surface area contributed by atoms with Crippen molar-refractivity contribution < 1.29 is 14.0 Å². The van der Waals surface area contributed by atoms with Gasteiger partial charge in [-0.2, -0.15) is 0 Å². The van der Waals surface area contributed by atoms with E-state index < -0.39 is 0 Å². The van der Waals surface area contributed by atoms with E-state index >= 15 is 0 Å². The van der Waals surface area contributed by atoms with Gasteiger partial charge in [-0.15, -0.1) is 0 Å². The summed E-state index contributed by atoms with van der Waals surface area (Å²) in [6, 6.07) is 10.4. The summed E-state index contributed by atoms with van der Waals surface area (Å²) in [5, 5.41) is 3.37. The van der Waals surface area contributed by atoms with Crippen molar-refractivity contribution in [3.8, 4) is 0 Å². The van der Waals surface area contributed by atoms with Crippen molar-refractivity contribution >= 4 is 35.0 Å². The van der Waals surface area contributed by atoms with Crippen LogP contribution < -0.4 is 5.32 Å². The number of likely N-dealkylation sites (N-methyl/N-ethyl adjacent to an activating group) is 1. The van der Waals surface area contributed by atoms with Gasteiger partial charge in [-0.25, -0.2) is 4.39 Å². The molecule has 7 heteroatoms. The lowest BCUT2D eigenvalue weighted by atomic mass is 10.2. The minimum atomic E-state index is -0.369. The lowest BCUT2D eigenvalue weighted by Gasteiger charge is -2.21. The lowest BCUT2D eigenvalue weighted by molar-refractivity contribution is -0.121. The summed E-state index contributed by atoms with van der Waals surface area (Å²) in [5.74, 6) is -1.03. The smallest absolute Gasteiger partial charge is 0.255 e. The molecule has 0 unspecified atom stereocenters. The van der Waals surface area contributed by atoms with E-state index in [1.807, 2.05) is 0 Å². The van der Waals surface area contributed by atoms with Crippen molar-refractivity contribution in [3.63, 3.8) is 0 Å². The van der Waals surface area contributed by atoms with Gasteiger partial charge in [0, 0.05) is 18.1 Å². The molecule has 0 aromatic heterocycles. The third-order valence-electron chi connectivity index (χ3n) is 3.57. The van der Waals surface area contributed by atoms with Crippen LogP contribution in [-0.2, 0) is 11.3 Å². The van der Waals surface area contributed by atoms with Gasteiger partial charge < -0.3 is 10.2 Å². The largest absolute Gasteiger partial charge is 0.350 e. The van der Waals surface area contributed by atoms with E-state index in [2.05, 4.69) is 5.32 Å². The summed E-state index contributed by atoms with van der Waals surface area (Å²) in [4.78, 5) is 26.0. The van der Waals surface area contributed by atoms with Crippen LogP contribution in [0.1, 0.15) is 22.8 Å². The Labute approximate surface area is 155 Å². The number of nitrogens with one attached hydrogen (secondary N) is 1. The van der Waals surface area contributed by atoms with Crippen LogP contribution in [0.15, 0.2) is 42.5 Å². The zero-order valence-corrected chi connectivity index (χ0v) is 15.1. The molecule has 0 aliphatic carbocycles. The highest BCUT2D eigenvalue weighted by atomic mass is 35.5. The number of hydrogen-bond acceptors (Lipinski definition) is 2. The van der Waals surface area contributed by atoms with E-state index in [0.29, 0.717) is 11.6 Å². The van der Waals surface area contributed by atoms with Crippen LogP contribution in [0.2, 0.25) is 10.0 Å². The molecule has 0 atom stereocenters. The Hall–Kier alpha value is -2.11. The quantitative estimate of drug-likeness (QED) is 0.822. The summed E-state index contributed by atoms with van der Waals surface area (Å²) in [6.45, 7) is 2.25. The summed E-state index contributed by atoms with van der Waals surface area (Å²) >= 11 is 12.0. The maximum absolute atomic E-state index is 12.9. The van der Waals surface area contributed by atoms with Gasteiger partial charge in [0.15, 0.2) is 0 Å². The van der Waals surface area contributed by atoms with Gasteiger partial charge in [-0.05, 0) is 42.8 Å². The number of halogens is 3. The average Bonchev–Trinajstić information content (AvgIpc) is 2.60. The molecule has 0 bridgehead atoms. The molecular formula is C18H17Cl2FN2O2. The highest BCUT2D eigenvalue weighted by molar-refractivity contribution is 6.35. The number of nitrogens with zero attached hydrogens (tertiary/aromatic N) is 1. The van der Waals surface area contributed by atoms with E-state index in [-0.39, 0.29) is 41.3 Å². The minimum absolute atomic E-state index is 0.112. The van der Waals surface area contributed by atoms with Crippen LogP contribution >= 0.6 is 23.2 Å². The van der Waals surface area contributed by atoms with Crippen LogP contribution in [0.4, 0.5) is 4.39 Å². The first-order valence-corrected chi connectivity index (χ1v) is 8.41. The fraction of sp³-hybridized carbons (Fsp3) is 0.222. The molecule has 0 aliphatic rings. The zero-order chi connectivity index (χ0) is 18.4. The van der Waals surface area contributed by atoms with Crippen LogP contribution in [0.25, 0.3) is 0 Å². The predicted octanol–water partition coefficient (Wildman–Crippen LogP) is 3.91. The van der Waals surface area contributed by atoms with Crippen molar-refractivity contribution in [3.05, 3.63) is 69.5 Å². The molecule has 4 nitrogen and oxygen atoms in total. The molecule has 0 fully saturated rings. The van der Waals surface area contributed by atoms with Crippen LogP contribution in [0.3, 0.4) is 0 Å². The molecule has 0 radical (unpaired) electrons. The zero-order valence-electron chi connectivity index (χ0n) is 13.6. The summed E-state index contributed by atoms with van der Waals surface area (Å²) < 4.78 is 12.9. The Balaban J connectivity index is 1.98. The minimum Gasteiger partial charge on any atom is -0.350 e. The molecule has 2 amide bonds. The topological polar surface area (TPSA) is 49.4 Å². The standard InChI is InChI=1S/C18H17Cl2FN2O2/c1-2-23(18(25)15-9-13(19)5-8-16(15)20)11-17(24)22-10-12-3-6-14(21)7-4-12/h3-9H,2,10-11H2,1H3,(H,22,24). The van der Waals surface area contributed by atoms with Gasteiger partial charge in [-0.3, -0.25) is 9.59 Å². The molecule has 1 N–H and O–H groups in total. The highest BCUT2D eigenvalue weighted by Gasteiger charge is 2.20. The van der Waals surface area contributed by atoms with Crippen molar-refractivity contribution in [2.45, 2.75) is 13.5 Å². The van der Waals surface area contributed by atoms with E-state index in [9.17, 15) is 14.0 Å². The molecule has 0 aliphatic heterocycles. The first-order chi connectivity index (χ1) is 11.9. The SMILES string of the molecule is CCN(CC(=O)NCc1ccc(F)cc1)C(=O)c1cc(Cl)ccc1Cl. The molecule has 0 heterocycles. The Kier molecular flexibility index (Phi) is 6.79. The third-order valence-corrected chi connectivity index (χ3v) is 4.13. The van der Waals surface area contributed by atoms with Gasteiger partial charge in [0.2, 0.25) is 5.91 Å². The lowest BCUT2D eigenvalue weighted by Crippen LogP contribution is -2.40. The Morgan fingerprint density at radius 1 is 1.12 bits per heavy atom. The van der Waals surface area contributed by atoms with Crippen LogP contribution in [-0.4, -0.2) is 29.8 Å². The number of benzene rings is 2. The number of hydrogen-bond donors (Lipinski definition) is 1. The summed E-state index contributed by atoms with van der Waals surface area (Å²) in [6.07, 6.45) is 0. The van der Waals surface area contributed by atoms with E-state index in [1.54, 1.807) is 31.2 Å². The molecule has 2 rings (SSSR count). The Morgan fingerprint density at radius 2 is 1.80 bits per heavy atom. The normalized spacial score (nSPS) is 10.4. The highest BCUT2D eigenvalue weighted by Crippen LogP contribution is 2.22. The number of carbonyl (C=O) groups excluding carboxylic acids is 2. The summed E-state index contributed by atoms with van der Waals surface area (Å²) in [7, 11) is 0. The monoisotopic (exact) mass is 382 g/mol. The molecular weight excluding hydrogens is 366 g/mol. The number of rotatable bonds is 6. The van der Waals surface area contributed by atoms with E-state index in [0.717, 1.165) is 5.56 Å². The van der Waals surface area contributed by atoms with E-state index in [4.69, 9.17) is 23.2 Å². The second-order valence-corrected chi connectivity index (χ2v) is 6.19. The number of carbonyl (C=O) groups is 2. The second-order valence-electron chi connectivity index (χ2n) is 5.35.